The molecule has 0 aliphatic heterocycles. The maximum absolute atomic E-state index is 12.5. The summed E-state index contributed by atoms with van der Waals surface area (Å²) >= 11 is 1.51. The van der Waals surface area contributed by atoms with E-state index in [1.54, 1.807) is 30.3 Å². The number of benzene rings is 1. The minimum Gasteiger partial charge on any atom is -0.348 e. The van der Waals surface area contributed by atoms with Crippen molar-refractivity contribution < 1.29 is 9.59 Å². The van der Waals surface area contributed by atoms with E-state index in [0.717, 1.165) is 17.7 Å². The van der Waals surface area contributed by atoms with Crippen molar-refractivity contribution in [2.75, 3.05) is 0 Å². The lowest BCUT2D eigenvalue weighted by atomic mass is 10.2. The number of carbonyl (C=O) groups excluding carboxylic acids is 2. The van der Waals surface area contributed by atoms with Crippen molar-refractivity contribution in [2.45, 2.75) is 32.7 Å². The highest BCUT2D eigenvalue weighted by Gasteiger charge is 2.16. The number of amides is 2. The molecule has 24 heavy (non-hydrogen) atoms. The summed E-state index contributed by atoms with van der Waals surface area (Å²) in [6.45, 7) is 4.03. The minimum absolute atomic E-state index is 0.0582. The highest BCUT2D eigenvalue weighted by atomic mass is 32.1. The van der Waals surface area contributed by atoms with Gasteiger partial charge < -0.3 is 10.6 Å². The first kappa shape index (κ1) is 17.9. The fourth-order valence-electron chi connectivity index (χ4n) is 2.26. The van der Waals surface area contributed by atoms with Crippen molar-refractivity contribution >= 4 is 29.2 Å². The first-order valence-electron chi connectivity index (χ1n) is 8.02. The Hall–Kier alpha value is -2.40. The van der Waals surface area contributed by atoms with E-state index in [-0.39, 0.29) is 23.6 Å². The van der Waals surface area contributed by atoms with Crippen LogP contribution in [0.5, 0.6) is 0 Å². The SMILES string of the molecule is CCCC(C)NC(=O)/C(=C/c1cccs1)NC(=O)c1ccccc1. The Morgan fingerprint density at radius 3 is 2.54 bits per heavy atom. The van der Waals surface area contributed by atoms with Crippen LogP contribution >= 0.6 is 11.3 Å². The molecular weight excluding hydrogens is 320 g/mol. The average Bonchev–Trinajstić information content (AvgIpc) is 3.08. The van der Waals surface area contributed by atoms with Crippen LogP contribution in [0, 0.1) is 0 Å². The summed E-state index contributed by atoms with van der Waals surface area (Å²) in [5, 5.41) is 7.60. The molecule has 2 aromatic rings. The van der Waals surface area contributed by atoms with Gasteiger partial charge in [0.25, 0.3) is 11.8 Å². The summed E-state index contributed by atoms with van der Waals surface area (Å²) in [6.07, 6.45) is 3.59. The second kappa shape index (κ2) is 9.03. The molecule has 2 amide bonds. The van der Waals surface area contributed by atoms with E-state index in [2.05, 4.69) is 17.6 Å². The topological polar surface area (TPSA) is 58.2 Å². The molecule has 126 valence electrons. The average molecular weight is 342 g/mol. The molecule has 0 bridgehead atoms. The predicted molar refractivity (Wildman–Crippen MR) is 98.7 cm³/mol. The van der Waals surface area contributed by atoms with Crippen LogP contribution in [-0.4, -0.2) is 17.9 Å². The normalized spacial score (nSPS) is 12.5. The number of hydrogen-bond acceptors (Lipinski definition) is 3. The zero-order valence-corrected chi connectivity index (χ0v) is 14.7. The van der Waals surface area contributed by atoms with Crippen LogP contribution < -0.4 is 10.6 Å². The van der Waals surface area contributed by atoms with E-state index < -0.39 is 0 Å². The first-order valence-corrected chi connectivity index (χ1v) is 8.90. The van der Waals surface area contributed by atoms with E-state index in [9.17, 15) is 9.59 Å². The fraction of sp³-hybridized carbons (Fsp3) is 0.263. The maximum Gasteiger partial charge on any atom is 0.268 e. The van der Waals surface area contributed by atoms with E-state index >= 15 is 0 Å². The van der Waals surface area contributed by atoms with E-state index in [4.69, 9.17) is 0 Å². The number of nitrogens with one attached hydrogen (secondary N) is 2. The molecule has 2 N–H and O–H groups in total. The summed E-state index contributed by atoms with van der Waals surface area (Å²) in [6, 6.07) is 12.7. The highest BCUT2D eigenvalue weighted by molar-refractivity contribution is 7.10. The molecule has 1 atom stereocenters. The molecule has 4 nitrogen and oxygen atoms in total. The highest BCUT2D eigenvalue weighted by Crippen LogP contribution is 2.13. The third-order valence-corrected chi connectivity index (χ3v) is 4.28. The lowest BCUT2D eigenvalue weighted by molar-refractivity contribution is -0.118. The molecule has 0 saturated heterocycles. The van der Waals surface area contributed by atoms with Gasteiger partial charge in [-0.25, -0.2) is 0 Å². The van der Waals surface area contributed by atoms with Crippen LogP contribution in [0.2, 0.25) is 0 Å². The Labute approximate surface area is 146 Å². The zero-order valence-electron chi connectivity index (χ0n) is 13.9. The zero-order chi connectivity index (χ0) is 17.4. The number of hydrogen-bond donors (Lipinski definition) is 2. The summed E-state index contributed by atoms with van der Waals surface area (Å²) in [4.78, 5) is 25.8. The minimum atomic E-state index is -0.295. The van der Waals surface area contributed by atoms with Crippen molar-refractivity contribution in [3.8, 4) is 0 Å². The van der Waals surface area contributed by atoms with Gasteiger partial charge in [-0.2, -0.15) is 0 Å². The van der Waals surface area contributed by atoms with Crippen molar-refractivity contribution in [1.82, 2.24) is 10.6 Å². The van der Waals surface area contributed by atoms with Crippen LogP contribution in [0.25, 0.3) is 6.08 Å². The number of thiophene rings is 1. The van der Waals surface area contributed by atoms with Gasteiger partial charge in [-0.05, 0) is 43.0 Å². The Balaban J connectivity index is 2.17. The molecule has 1 aromatic carbocycles. The summed E-state index contributed by atoms with van der Waals surface area (Å²) in [5.74, 6) is -0.565. The molecule has 5 heteroatoms. The van der Waals surface area contributed by atoms with Crippen molar-refractivity contribution in [3.05, 3.63) is 64.0 Å². The monoisotopic (exact) mass is 342 g/mol. The summed E-state index contributed by atoms with van der Waals surface area (Å²) < 4.78 is 0. The van der Waals surface area contributed by atoms with E-state index in [0.29, 0.717) is 5.56 Å². The molecule has 1 unspecified atom stereocenters. The molecule has 0 radical (unpaired) electrons. The van der Waals surface area contributed by atoms with E-state index in [1.807, 2.05) is 30.5 Å². The Bertz CT molecular complexity index is 693. The molecule has 0 fully saturated rings. The fourth-order valence-corrected chi connectivity index (χ4v) is 2.92. The van der Waals surface area contributed by atoms with Crippen LogP contribution in [0.1, 0.15) is 41.9 Å². The molecule has 1 aromatic heterocycles. The van der Waals surface area contributed by atoms with Gasteiger partial charge in [0, 0.05) is 16.5 Å². The molecule has 0 aliphatic carbocycles. The standard InChI is InChI=1S/C19H22N2O2S/c1-3-8-14(2)20-19(23)17(13-16-11-7-12-24-16)21-18(22)15-9-5-4-6-10-15/h4-7,9-14H,3,8H2,1-2H3,(H,20,23)(H,21,22)/b17-13-. The second-order valence-corrected chi connectivity index (χ2v) is 6.54. The third-order valence-electron chi connectivity index (χ3n) is 3.46. The largest absolute Gasteiger partial charge is 0.348 e. The van der Waals surface area contributed by atoms with Gasteiger partial charge in [-0.15, -0.1) is 11.3 Å². The Morgan fingerprint density at radius 2 is 1.92 bits per heavy atom. The molecule has 0 spiro atoms. The van der Waals surface area contributed by atoms with Crippen LogP contribution in [-0.2, 0) is 4.79 Å². The molecular formula is C19H22N2O2S. The summed E-state index contributed by atoms with van der Waals surface area (Å²) in [5.41, 5.74) is 0.776. The maximum atomic E-state index is 12.5. The quantitative estimate of drug-likeness (QED) is 0.752. The van der Waals surface area contributed by atoms with Gasteiger partial charge in [0.15, 0.2) is 0 Å². The van der Waals surface area contributed by atoms with Gasteiger partial charge in [0.05, 0.1) is 0 Å². The smallest absolute Gasteiger partial charge is 0.268 e. The lowest BCUT2D eigenvalue weighted by Crippen LogP contribution is -2.39. The van der Waals surface area contributed by atoms with Gasteiger partial charge in [-0.3, -0.25) is 9.59 Å². The molecule has 2 rings (SSSR count). The Morgan fingerprint density at radius 1 is 1.17 bits per heavy atom. The van der Waals surface area contributed by atoms with Crippen LogP contribution in [0.4, 0.5) is 0 Å². The Kier molecular flexibility index (Phi) is 6.75. The van der Waals surface area contributed by atoms with Gasteiger partial charge in [0.1, 0.15) is 5.70 Å². The molecule has 0 aliphatic rings. The van der Waals surface area contributed by atoms with Crippen molar-refractivity contribution in [3.63, 3.8) is 0 Å². The van der Waals surface area contributed by atoms with Gasteiger partial charge in [-0.1, -0.05) is 37.6 Å². The number of rotatable bonds is 7. The molecule has 0 saturated carbocycles. The first-order chi connectivity index (χ1) is 11.6. The number of carbonyl (C=O) groups is 2. The van der Waals surface area contributed by atoms with Crippen molar-refractivity contribution in [1.29, 1.82) is 0 Å². The van der Waals surface area contributed by atoms with E-state index in [1.165, 1.54) is 11.3 Å². The van der Waals surface area contributed by atoms with Gasteiger partial charge >= 0.3 is 0 Å². The van der Waals surface area contributed by atoms with Crippen molar-refractivity contribution in [2.24, 2.45) is 0 Å². The molecule has 1 heterocycles. The second-order valence-electron chi connectivity index (χ2n) is 5.56. The lowest BCUT2D eigenvalue weighted by Gasteiger charge is -2.15. The van der Waals surface area contributed by atoms with Gasteiger partial charge in [0.2, 0.25) is 0 Å². The van der Waals surface area contributed by atoms with Crippen LogP contribution in [0.15, 0.2) is 53.5 Å². The predicted octanol–water partition coefficient (Wildman–Crippen LogP) is 3.82. The van der Waals surface area contributed by atoms with Crippen LogP contribution in [0.3, 0.4) is 0 Å². The third kappa shape index (κ3) is 5.35. The summed E-state index contributed by atoms with van der Waals surface area (Å²) in [7, 11) is 0.